The Kier molecular flexibility index (Phi) is 6.59. The van der Waals surface area contributed by atoms with Crippen LogP contribution >= 0.6 is 23.1 Å². The van der Waals surface area contributed by atoms with E-state index < -0.39 is 0 Å². The minimum atomic E-state index is -0.331. The van der Waals surface area contributed by atoms with Crippen molar-refractivity contribution in [3.8, 4) is 11.3 Å². The highest BCUT2D eigenvalue weighted by Gasteiger charge is 2.19. The van der Waals surface area contributed by atoms with E-state index in [1.54, 1.807) is 0 Å². The van der Waals surface area contributed by atoms with E-state index in [1.165, 1.54) is 11.5 Å². The molecule has 33 heavy (non-hydrogen) atoms. The Morgan fingerprint density at radius 1 is 1.15 bits per heavy atom. The number of carbonyl (C=O) groups excluding carboxylic acids is 1. The maximum Gasteiger partial charge on any atom is 0.277 e. The second-order valence-electron chi connectivity index (χ2n) is 7.87. The molecular formula is C24H24ClN5O2S. The average Bonchev–Trinajstić information content (AvgIpc) is 3.44. The van der Waals surface area contributed by atoms with Crippen LogP contribution in [0.1, 0.15) is 10.5 Å². The maximum absolute atomic E-state index is 12.7. The summed E-state index contributed by atoms with van der Waals surface area (Å²) in [4.78, 5) is 15.1. The van der Waals surface area contributed by atoms with Crippen molar-refractivity contribution in [2.45, 2.75) is 0 Å². The number of nitrogens with zero attached hydrogens (tertiary/aromatic N) is 2. The number of benzene rings is 2. The number of furan rings is 1. The van der Waals surface area contributed by atoms with Crippen LogP contribution in [0.5, 0.6) is 0 Å². The van der Waals surface area contributed by atoms with Gasteiger partial charge >= 0.3 is 0 Å². The summed E-state index contributed by atoms with van der Waals surface area (Å²) in [6, 6.07) is 17.4. The van der Waals surface area contributed by atoms with E-state index in [9.17, 15) is 4.79 Å². The zero-order valence-corrected chi connectivity index (χ0v) is 19.5. The predicted octanol–water partition coefficient (Wildman–Crippen LogP) is 4.78. The minimum Gasteiger partial charge on any atom is -0.456 e. The van der Waals surface area contributed by atoms with Crippen LogP contribution in [-0.4, -0.2) is 54.4 Å². The summed E-state index contributed by atoms with van der Waals surface area (Å²) >= 11 is 7.65. The Bertz CT molecular complexity index is 1210. The summed E-state index contributed by atoms with van der Waals surface area (Å²) in [6.45, 7) is 5.80. The molecule has 4 aromatic rings. The number of rotatable bonds is 7. The number of carbonyl (C=O) groups is 1. The molecule has 0 bridgehead atoms. The van der Waals surface area contributed by atoms with Crippen LogP contribution in [-0.2, 0) is 0 Å². The molecule has 3 N–H and O–H groups in total. The molecule has 1 saturated heterocycles. The molecule has 1 aliphatic heterocycles. The Morgan fingerprint density at radius 3 is 2.73 bits per heavy atom. The molecule has 0 radical (unpaired) electrons. The lowest BCUT2D eigenvalue weighted by atomic mass is 10.1. The highest BCUT2D eigenvalue weighted by molar-refractivity contribution is 7.11. The molecule has 2 aromatic carbocycles. The van der Waals surface area contributed by atoms with Crippen molar-refractivity contribution < 1.29 is 9.21 Å². The third kappa shape index (κ3) is 5.04. The zero-order chi connectivity index (χ0) is 22.6. The van der Waals surface area contributed by atoms with Gasteiger partial charge in [-0.05, 0) is 47.9 Å². The fourth-order valence-electron chi connectivity index (χ4n) is 3.82. The number of hydrogen-bond acceptors (Lipinski definition) is 7. The zero-order valence-electron chi connectivity index (χ0n) is 17.9. The van der Waals surface area contributed by atoms with Crippen LogP contribution in [0.3, 0.4) is 0 Å². The summed E-state index contributed by atoms with van der Waals surface area (Å²) in [6.07, 6.45) is 0. The first kappa shape index (κ1) is 21.9. The van der Waals surface area contributed by atoms with Gasteiger partial charge in [0.15, 0.2) is 5.69 Å². The van der Waals surface area contributed by atoms with Crippen LogP contribution in [0.2, 0.25) is 5.02 Å². The molecule has 1 amide bonds. The van der Waals surface area contributed by atoms with Gasteiger partial charge in [-0.1, -0.05) is 29.8 Å². The van der Waals surface area contributed by atoms with E-state index in [1.807, 2.05) is 54.6 Å². The molecular weight excluding hydrogens is 458 g/mol. The number of anilines is 2. The lowest BCUT2D eigenvalue weighted by Gasteiger charge is -2.27. The lowest BCUT2D eigenvalue weighted by Crippen LogP contribution is -2.45. The van der Waals surface area contributed by atoms with E-state index >= 15 is 0 Å². The summed E-state index contributed by atoms with van der Waals surface area (Å²) in [5.41, 5.74) is 2.68. The van der Waals surface area contributed by atoms with E-state index in [0.717, 1.165) is 66.6 Å². The Balaban J connectivity index is 1.19. The second kappa shape index (κ2) is 9.93. The average molecular weight is 482 g/mol. The summed E-state index contributed by atoms with van der Waals surface area (Å²) in [7, 11) is 0. The molecule has 0 spiro atoms. The fraction of sp³-hybridized carbons (Fsp3) is 0.250. The second-order valence-corrected chi connectivity index (χ2v) is 9.02. The molecule has 2 aromatic heterocycles. The third-order valence-corrected chi connectivity index (χ3v) is 6.91. The number of amides is 1. The molecule has 9 heteroatoms. The van der Waals surface area contributed by atoms with Crippen molar-refractivity contribution in [3.05, 3.63) is 65.3 Å². The smallest absolute Gasteiger partial charge is 0.277 e. The largest absolute Gasteiger partial charge is 0.456 e. The van der Waals surface area contributed by atoms with Crippen molar-refractivity contribution in [1.82, 2.24) is 14.6 Å². The number of fused-ring (bicyclic) bond motifs is 1. The number of nitrogens with one attached hydrogen (secondary N) is 3. The predicted molar refractivity (Wildman–Crippen MR) is 135 cm³/mol. The van der Waals surface area contributed by atoms with Crippen molar-refractivity contribution >= 4 is 50.7 Å². The van der Waals surface area contributed by atoms with Gasteiger partial charge in [-0.3, -0.25) is 9.69 Å². The monoisotopic (exact) mass is 481 g/mol. The van der Waals surface area contributed by atoms with Gasteiger partial charge < -0.3 is 20.4 Å². The molecule has 1 fully saturated rings. The van der Waals surface area contributed by atoms with Gasteiger partial charge in [-0.2, -0.15) is 4.37 Å². The maximum atomic E-state index is 12.7. The number of hydrogen-bond donors (Lipinski definition) is 3. The van der Waals surface area contributed by atoms with Crippen LogP contribution < -0.4 is 16.0 Å². The standard InChI is InChI=1S/C24H24ClN5O2S/c25-21-22(29-33-24(21)27-11-14-30-12-9-26-10-13-30)23(31)28-18-7-5-16(6-8-18)20-15-17-3-1-2-4-19(17)32-20/h1-8,15,26-27H,9-14H2,(H,28,31). The van der Waals surface area contributed by atoms with Crippen LogP contribution in [0.25, 0.3) is 22.3 Å². The van der Waals surface area contributed by atoms with E-state index in [-0.39, 0.29) is 11.6 Å². The molecule has 7 nitrogen and oxygen atoms in total. The first-order valence-electron chi connectivity index (χ1n) is 10.9. The van der Waals surface area contributed by atoms with E-state index in [4.69, 9.17) is 16.0 Å². The van der Waals surface area contributed by atoms with E-state index in [2.05, 4.69) is 25.2 Å². The van der Waals surface area contributed by atoms with Crippen molar-refractivity contribution in [3.63, 3.8) is 0 Å². The number of piperazine rings is 1. The van der Waals surface area contributed by atoms with Crippen molar-refractivity contribution in [1.29, 1.82) is 0 Å². The lowest BCUT2D eigenvalue weighted by molar-refractivity contribution is 0.102. The van der Waals surface area contributed by atoms with Crippen LogP contribution in [0.15, 0.2) is 59.0 Å². The first-order valence-corrected chi connectivity index (χ1v) is 12.0. The number of aromatic nitrogens is 1. The van der Waals surface area contributed by atoms with E-state index in [0.29, 0.717) is 10.7 Å². The van der Waals surface area contributed by atoms with Crippen molar-refractivity contribution in [2.75, 3.05) is 49.9 Å². The molecule has 5 rings (SSSR count). The number of halogens is 1. The number of para-hydroxylation sites is 1. The first-order chi connectivity index (χ1) is 16.2. The minimum absolute atomic E-state index is 0.229. The Hall–Kier alpha value is -2.91. The highest BCUT2D eigenvalue weighted by atomic mass is 35.5. The van der Waals surface area contributed by atoms with Gasteiger partial charge in [0.05, 0.1) is 0 Å². The van der Waals surface area contributed by atoms with Gasteiger partial charge in [-0.25, -0.2) is 0 Å². The Labute approximate surface area is 200 Å². The molecule has 0 saturated carbocycles. The topological polar surface area (TPSA) is 82.4 Å². The summed E-state index contributed by atoms with van der Waals surface area (Å²) < 4.78 is 10.2. The highest BCUT2D eigenvalue weighted by Crippen LogP contribution is 2.31. The molecule has 0 unspecified atom stereocenters. The van der Waals surface area contributed by atoms with Crippen molar-refractivity contribution in [2.24, 2.45) is 0 Å². The van der Waals surface area contributed by atoms with Crippen LogP contribution in [0.4, 0.5) is 10.7 Å². The molecule has 0 atom stereocenters. The summed E-state index contributed by atoms with van der Waals surface area (Å²) in [5, 5.41) is 11.7. The normalized spacial score (nSPS) is 14.5. The molecule has 0 aliphatic carbocycles. The summed E-state index contributed by atoms with van der Waals surface area (Å²) in [5.74, 6) is 0.455. The van der Waals surface area contributed by atoms with Crippen LogP contribution in [0, 0.1) is 0 Å². The molecule has 3 heterocycles. The van der Waals surface area contributed by atoms with Gasteiger partial charge in [0.25, 0.3) is 5.91 Å². The van der Waals surface area contributed by atoms with Gasteiger partial charge in [-0.15, -0.1) is 0 Å². The SMILES string of the molecule is O=C(Nc1ccc(-c2cc3ccccc3o2)cc1)c1nsc(NCCN2CCNCC2)c1Cl. The Morgan fingerprint density at radius 2 is 1.94 bits per heavy atom. The molecule has 1 aliphatic rings. The third-order valence-electron chi connectivity index (χ3n) is 5.63. The quantitative estimate of drug-likeness (QED) is 0.352. The van der Waals surface area contributed by atoms with Gasteiger partial charge in [0.1, 0.15) is 21.4 Å². The fourth-order valence-corrected chi connectivity index (χ4v) is 4.87. The van der Waals surface area contributed by atoms with Gasteiger partial charge in [0.2, 0.25) is 0 Å². The molecule has 170 valence electrons. The van der Waals surface area contributed by atoms with Gasteiger partial charge in [0, 0.05) is 55.9 Å².